The van der Waals surface area contributed by atoms with E-state index in [9.17, 15) is 4.79 Å². The molecule has 208 valence electrons. The number of carbonyl (C=O) groups excluding carboxylic acids is 1. The van der Waals surface area contributed by atoms with Gasteiger partial charge in [0.1, 0.15) is 6.61 Å². The molecule has 0 aromatic heterocycles. The molecule has 0 fully saturated rings. The zero-order valence-electron chi connectivity index (χ0n) is 25.0. The van der Waals surface area contributed by atoms with Crippen molar-refractivity contribution in [3.05, 3.63) is 11.6 Å². The van der Waals surface area contributed by atoms with Gasteiger partial charge < -0.3 is 4.74 Å². The third-order valence-corrected chi connectivity index (χ3v) is 7.55. The predicted octanol–water partition coefficient (Wildman–Crippen LogP) is 11.2. The molecule has 0 radical (unpaired) electrons. The molecule has 35 heavy (non-hydrogen) atoms. The first-order chi connectivity index (χ1) is 16.8. The number of unbranched alkanes of at least 4 members (excludes halogenated alkanes) is 9. The minimum atomic E-state index is -0.0272. The van der Waals surface area contributed by atoms with Crippen LogP contribution < -0.4 is 0 Å². The van der Waals surface area contributed by atoms with Crippen LogP contribution >= 0.6 is 0 Å². The zero-order chi connectivity index (χ0) is 26.2. The number of ether oxygens (including phenoxy) is 1. The normalized spacial score (nSPS) is 13.9. The molecule has 2 atom stereocenters. The van der Waals surface area contributed by atoms with Gasteiger partial charge in [0.15, 0.2) is 0 Å². The van der Waals surface area contributed by atoms with Gasteiger partial charge in [-0.3, -0.25) is 4.79 Å². The van der Waals surface area contributed by atoms with Gasteiger partial charge in [0, 0.05) is 6.42 Å². The lowest BCUT2D eigenvalue weighted by Gasteiger charge is -2.15. The standard InChI is InChI=1S/C33H64O2/c1-7-8-9-10-11-12-13-14-15-16-26-33(34)35-28-27-32(6)25-19-24-31(5)23-18-22-30(4)21-17-20-29(2)3/h27,29-31H,7-26,28H2,1-6H3/b32-27+/t30-,31-/m1/s1. The van der Waals surface area contributed by atoms with E-state index < -0.39 is 0 Å². The third-order valence-electron chi connectivity index (χ3n) is 7.55. The molecule has 0 aromatic carbocycles. The van der Waals surface area contributed by atoms with Crippen molar-refractivity contribution in [2.45, 2.75) is 170 Å². The molecule has 2 nitrogen and oxygen atoms in total. The number of carbonyl (C=O) groups is 1. The number of allylic oxidation sites excluding steroid dienone is 1. The second-order valence-corrected chi connectivity index (χ2v) is 12.0. The molecule has 0 aliphatic carbocycles. The summed E-state index contributed by atoms with van der Waals surface area (Å²) in [6.45, 7) is 14.4. The van der Waals surface area contributed by atoms with E-state index in [1.54, 1.807) is 0 Å². The SMILES string of the molecule is CCCCCCCCCCCCC(=O)OC/C=C(\C)CCC[C@H](C)CCC[C@H](C)CCCC(C)C. The van der Waals surface area contributed by atoms with Crippen LogP contribution in [0.15, 0.2) is 11.6 Å². The zero-order valence-corrected chi connectivity index (χ0v) is 25.0. The van der Waals surface area contributed by atoms with Crippen LogP contribution in [-0.2, 0) is 9.53 Å². The van der Waals surface area contributed by atoms with E-state index in [1.807, 2.05) is 0 Å². The Balaban J connectivity index is 3.60. The molecule has 0 spiro atoms. The van der Waals surface area contributed by atoms with E-state index in [0.717, 1.165) is 37.0 Å². The molecular weight excluding hydrogens is 428 g/mol. The maximum atomic E-state index is 11.9. The summed E-state index contributed by atoms with van der Waals surface area (Å²) >= 11 is 0. The fourth-order valence-corrected chi connectivity index (χ4v) is 4.92. The van der Waals surface area contributed by atoms with Crippen LogP contribution in [0.25, 0.3) is 0 Å². The second-order valence-electron chi connectivity index (χ2n) is 12.0. The van der Waals surface area contributed by atoms with Crippen LogP contribution in [0.1, 0.15) is 170 Å². The lowest BCUT2D eigenvalue weighted by molar-refractivity contribution is -0.142. The van der Waals surface area contributed by atoms with Crippen molar-refractivity contribution in [3.63, 3.8) is 0 Å². The van der Waals surface area contributed by atoms with Gasteiger partial charge in [0.25, 0.3) is 0 Å². The van der Waals surface area contributed by atoms with Crippen LogP contribution in [0.4, 0.5) is 0 Å². The lowest BCUT2D eigenvalue weighted by Crippen LogP contribution is -2.04. The molecule has 0 aromatic rings. The topological polar surface area (TPSA) is 26.3 Å². The van der Waals surface area contributed by atoms with Crippen molar-refractivity contribution in [2.24, 2.45) is 17.8 Å². The molecule has 0 aliphatic rings. The Kier molecular flexibility index (Phi) is 24.3. The quantitative estimate of drug-likeness (QED) is 0.0719. The fourth-order valence-electron chi connectivity index (χ4n) is 4.92. The van der Waals surface area contributed by atoms with Gasteiger partial charge in [-0.15, -0.1) is 0 Å². The van der Waals surface area contributed by atoms with Gasteiger partial charge in [-0.1, -0.05) is 143 Å². The fraction of sp³-hybridized carbons (Fsp3) is 0.909. The molecule has 0 unspecified atom stereocenters. The molecule has 0 aliphatic heterocycles. The van der Waals surface area contributed by atoms with Crippen molar-refractivity contribution < 1.29 is 9.53 Å². The minimum Gasteiger partial charge on any atom is -0.461 e. The number of hydrogen-bond donors (Lipinski definition) is 0. The third kappa shape index (κ3) is 26.1. The van der Waals surface area contributed by atoms with Crippen LogP contribution in [-0.4, -0.2) is 12.6 Å². The summed E-state index contributed by atoms with van der Waals surface area (Å²) in [5.74, 6) is 2.53. The Morgan fingerprint density at radius 1 is 0.629 bits per heavy atom. The molecule has 0 bridgehead atoms. The number of esters is 1. The molecule has 0 heterocycles. The largest absolute Gasteiger partial charge is 0.461 e. The molecule has 0 saturated carbocycles. The minimum absolute atomic E-state index is 0.0272. The smallest absolute Gasteiger partial charge is 0.306 e. The average molecular weight is 493 g/mol. The summed E-state index contributed by atoms with van der Waals surface area (Å²) < 4.78 is 5.42. The lowest BCUT2D eigenvalue weighted by atomic mass is 9.91. The van der Waals surface area contributed by atoms with E-state index in [2.05, 4.69) is 47.6 Å². The van der Waals surface area contributed by atoms with Gasteiger partial charge in [-0.05, 0) is 50.0 Å². The van der Waals surface area contributed by atoms with Gasteiger partial charge in [0.05, 0.1) is 0 Å². The van der Waals surface area contributed by atoms with E-state index >= 15 is 0 Å². The van der Waals surface area contributed by atoms with Crippen molar-refractivity contribution in [3.8, 4) is 0 Å². The summed E-state index contributed by atoms with van der Waals surface area (Å²) in [7, 11) is 0. The highest BCUT2D eigenvalue weighted by atomic mass is 16.5. The highest BCUT2D eigenvalue weighted by molar-refractivity contribution is 5.69. The predicted molar refractivity (Wildman–Crippen MR) is 156 cm³/mol. The second kappa shape index (κ2) is 24.9. The summed E-state index contributed by atoms with van der Waals surface area (Å²) in [6, 6.07) is 0. The first-order valence-corrected chi connectivity index (χ1v) is 15.7. The number of hydrogen-bond acceptors (Lipinski definition) is 2. The van der Waals surface area contributed by atoms with Crippen LogP contribution in [0.5, 0.6) is 0 Å². The highest BCUT2D eigenvalue weighted by Crippen LogP contribution is 2.22. The van der Waals surface area contributed by atoms with E-state index in [0.29, 0.717) is 13.0 Å². The first kappa shape index (κ1) is 34.2. The highest BCUT2D eigenvalue weighted by Gasteiger charge is 2.07. The van der Waals surface area contributed by atoms with Gasteiger partial charge >= 0.3 is 5.97 Å². The molecule has 0 N–H and O–H groups in total. The summed E-state index contributed by atoms with van der Waals surface area (Å²) in [6.07, 6.45) is 27.7. The van der Waals surface area contributed by atoms with Crippen molar-refractivity contribution in [1.29, 1.82) is 0 Å². The molecule has 0 rings (SSSR count). The summed E-state index contributed by atoms with van der Waals surface area (Å²) in [4.78, 5) is 11.9. The molecule has 0 saturated heterocycles. The van der Waals surface area contributed by atoms with E-state index in [-0.39, 0.29) is 5.97 Å². The monoisotopic (exact) mass is 492 g/mol. The number of rotatable bonds is 25. The molecule has 2 heteroatoms. The average Bonchev–Trinajstić information content (AvgIpc) is 2.80. The van der Waals surface area contributed by atoms with Crippen molar-refractivity contribution in [2.75, 3.05) is 6.61 Å². The Morgan fingerprint density at radius 3 is 1.66 bits per heavy atom. The Labute approximate surface area is 221 Å². The summed E-state index contributed by atoms with van der Waals surface area (Å²) in [5, 5.41) is 0. The van der Waals surface area contributed by atoms with Crippen molar-refractivity contribution >= 4 is 5.97 Å². The molecule has 0 amide bonds. The van der Waals surface area contributed by atoms with Crippen LogP contribution in [0, 0.1) is 17.8 Å². The van der Waals surface area contributed by atoms with E-state index in [1.165, 1.54) is 108 Å². The van der Waals surface area contributed by atoms with Crippen LogP contribution in [0.3, 0.4) is 0 Å². The van der Waals surface area contributed by atoms with Gasteiger partial charge in [-0.2, -0.15) is 0 Å². The maximum Gasteiger partial charge on any atom is 0.306 e. The van der Waals surface area contributed by atoms with E-state index in [4.69, 9.17) is 4.74 Å². The van der Waals surface area contributed by atoms with Gasteiger partial charge in [0.2, 0.25) is 0 Å². The first-order valence-electron chi connectivity index (χ1n) is 15.7. The van der Waals surface area contributed by atoms with Gasteiger partial charge in [-0.25, -0.2) is 0 Å². The van der Waals surface area contributed by atoms with Crippen LogP contribution in [0.2, 0.25) is 0 Å². The Hall–Kier alpha value is -0.790. The maximum absolute atomic E-state index is 11.9. The Morgan fingerprint density at radius 2 is 1.11 bits per heavy atom. The summed E-state index contributed by atoms with van der Waals surface area (Å²) in [5.41, 5.74) is 1.36. The van der Waals surface area contributed by atoms with Crippen molar-refractivity contribution in [1.82, 2.24) is 0 Å². The molecular formula is C33H64O2. The Bertz CT molecular complexity index is 493.